The maximum atomic E-state index is 11.0. The summed E-state index contributed by atoms with van der Waals surface area (Å²) in [7, 11) is 0. The first-order valence-corrected chi connectivity index (χ1v) is 5.82. The highest BCUT2D eigenvalue weighted by atomic mass is 79.9. The van der Waals surface area contributed by atoms with Crippen molar-refractivity contribution in [2.45, 2.75) is 6.92 Å². The lowest BCUT2D eigenvalue weighted by Crippen LogP contribution is -2.07. The number of carbonyl (C=O) groups is 1. The molecule has 0 unspecified atom stereocenters. The third-order valence-electron chi connectivity index (χ3n) is 2.14. The van der Waals surface area contributed by atoms with Crippen LogP contribution < -0.4 is 0 Å². The minimum Gasteiger partial charge on any atom is -0.478 e. The first-order valence-electron chi connectivity index (χ1n) is 4.23. The zero-order chi connectivity index (χ0) is 14.2. The quantitative estimate of drug-likeness (QED) is 0.631. The number of hydrogen-bond acceptors (Lipinski definition) is 5. The standard InChI is InChI=1S/C8H4Br2N2O6/c1-2-6(11(15)16)4(9)3(8(13)14)5(10)7(2)12(17)18/h1H3,(H,13,14). The van der Waals surface area contributed by atoms with E-state index in [2.05, 4.69) is 31.9 Å². The Morgan fingerprint density at radius 2 is 1.44 bits per heavy atom. The molecule has 0 spiro atoms. The van der Waals surface area contributed by atoms with Crippen LogP contribution in [0.3, 0.4) is 0 Å². The Bertz CT molecular complexity index is 483. The average Bonchev–Trinajstić information content (AvgIpc) is 2.14. The molecule has 0 amide bonds. The highest BCUT2D eigenvalue weighted by Gasteiger charge is 2.34. The Morgan fingerprint density at radius 1 is 1.11 bits per heavy atom. The molecule has 0 radical (unpaired) electrons. The van der Waals surface area contributed by atoms with Gasteiger partial charge in [0, 0.05) is 0 Å². The van der Waals surface area contributed by atoms with Gasteiger partial charge < -0.3 is 5.11 Å². The number of nitrogens with zero attached hydrogens (tertiary/aromatic N) is 2. The summed E-state index contributed by atoms with van der Waals surface area (Å²) >= 11 is 5.58. The molecule has 0 aliphatic rings. The van der Waals surface area contributed by atoms with Crippen LogP contribution in [-0.2, 0) is 0 Å². The molecular formula is C8H4Br2N2O6. The molecule has 0 bridgehead atoms. The number of hydrogen-bond donors (Lipinski definition) is 1. The van der Waals surface area contributed by atoms with Crippen LogP contribution in [0.1, 0.15) is 15.9 Å². The summed E-state index contributed by atoms with van der Waals surface area (Å²) < 4.78 is -0.620. The number of rotatable bonds is 3. The number of aromatic carboxylic acids is 1. The number of nitro groups is 2. The monoisotopic (exact) mass is 382 g/mol. The van der Waals surface area contributed by atoms with Crippen molar-refractivity contribution >= 4 is 49.2 Å². The molecule has 0 aliphatic heterocycles. The Hall–Kier alpha value is -1.55. The van der Waals surface area contributed by atoms with Crippen LogP contribution in [0.5, 0.6) is 0 Å². The molecule has 0 fully saturated rings. The summed E-state index contributed by atoms with van der Waals surface area (Å²) in [5.41, 5.74) is -2.06. The van der Waals surface area contributed by atoms with Crippen molar-refractivity contribution in [3.8, 4) is 0 Å². The Balaban J connectivity index is 3.94. The van der Waals surface area contributed by atoms with Crippen molar-refractivity contribution in [1.82, 2.24) is 0 Å². The lowest BCUT2D eigenvalue weighted by Gasteiger charge is -2.07. The van der Waals surface area contributed by atoms with E-state index in [1.807, 2.05) is 0 Å². The Morgan fingerprint density at radius 3 is 1.67 bits per heavy atom. The molecule has 18 heavy (non-hydrogen) atoms. The maximum Gasteiger partial charge on any atom is 0.338 e. The van der Waals surface area contributed by atoms with Gasteiger partial charge in [-0.3, -0.25) is 20.2 Å². The fraction of sp³-hybridized carbons (Fsp3) is 0.125. The molecule has 0 heterocycles. The van der Waals surface area contributed by atoms with Gasteiger partial charge in [-0.25, -0.2) is 4.79 Å². The van der Waals surface area contributed by atoms with Crippen LogP contribution >= 0.6 is 31.9 Å². The van der Waals surface area contributed by atoms with Crippen molar-refractivity contribution in [2.24, 2.45) is 0 Å². The van der Waals surface area contributed by atoms with E-state index in [1.165, 1.54) is 6.92 Å². The largest absolute Gasteiger partial charge is 0.478 e. The summed E-state index contributed by atoms with van der Waals surface area (Å²) in [5, 5.41) is 30.6. The van der Waals surface area contributed by atoms with Gasteiger partial charge in [0.1, 0.15) is 20.1 Å². The van der Waals surface area contributed by atoms with Gasteiger partial charge in [0.15, 0.2) is 0 Å². The molecule has 1 rings (SSSR count). The van der Waals surface area contributed by atoms with Crippen LogP contribution in [-0.4, -0.2) is 20.9 Å². The highest BCUT2D eigenvalue weighted by molar-refractivity contribution is 9.11. The summed E-state index contributed by atoms with van der Waals surface area (Å²) in [4.78, 5) is 31.0. The van der Waals surface area contributed by atoms with Crippen LogP contribution in [0, 0.1) is 27.2 Å². The highest BCUT2D eigenvalue weighted by Crippen LogP contribution is 2.43. The molecule has 10 heteroatoms. The van der Waals surface area contributed by atoms with E-state index in [9.17, 15) is 25.0 Å². The second kappa shape index (κ2) is 4.98. The van der Waals surface area contributed by atoms with E-state index in [0.29, 0.717) is 0 Å². The Kier molecular flexibility index (Phi) is 4.02. The molecule has 96 valence electrons. The van der Waals surface area contributed by atoms with E-state index in [1.54, 1.807) is 0 Å². The molecular weight excluding hydrogens is 380 g/mol. The van der Waals surface area contributed by atoms with Gasteiger partial charge >= 0.3 is 5.97 Å². The molecule has 0 aliphatic carbocycles. The molecule has 0 atom stereocenters. The van der Waals surface area contributed by atoms with Gasteiger partial charge in [-0.2, -0.15) is 0 Å². The second-order valence-corrected chi connectivity index (χ2v) is 4.73. The number of benzene rings is 1. The first-order chi connectivity index (χ1) is 8.20. The van der Waals surface area contributed by atoms with E-state index >= 15 is 0 Å². The summed E-state index contributed by atoms with van der Waals surface area (Å²) in [5.74, 6) is -1.51. The van der Waals surface area contributed by atoms with Crippen molar-refractivity contribution in [1.29, 1.82) is 0 Å². The predicted molar refractivity (Wildman–Crippen MR) is 66.8 cm³/mol. The van der Waals surface area contributed by atoms with Crippen molar-refractivity contribution in [2.75, 3.05) is 0 Å². The van der Waals surface area contributed by atoms with Crippen molar-refractivity contribution < 1.29 is 19.7 Å². The lowest BCUT2D eigenvalue weighted by molar-refractivity contribution is -0.396. The number of carboxylic acids is 1. The van der Waals surface area contributed by atoms with Gasteiger partial charge in [-0.05, 0) is 38.8 Å². The van der Waals surface area contributed by atoms with Crippen LogP contribution in [0.2, 0.25) is 0 Å². The maximum absolute atomic E-state index is 11.0. The summed E-state index contributed by atoms with van der Waals surface area (Å²) in [6.07, 6.45) is 0. The zero-order valence-corrected chi connectivity index (χ0v) is 11.8. The van der Waals surface area contributed by atoms with Crippen LogP contribution in [0.4, 0.5) is 11.4 Å². The Labute approximate surface area is 116 Å². The number of halogens is 2. The van der Waals surface area contributed by atoms with Gasteiger partial charge in [-0.15, -0.1) is 0 Å². The molecule has 0 saturated carbocycles. The third-order valence-corrected chi connectivity index (χ3v) is 3.69. The molecule has 0 saturated heterocycles. The molecule has 8 nitrogen and oxygen atoms in total. The number of nitro benzene ring substituents is 2. The molecule has 0 aromatic heterocycles. The van der Waals surface area contributed by atoms with Gasteiger partial charge in [0.25, 0.3) is 11.4 Å². The average molecular weight is 384 g/mol. The van der Waals surface area contributed by atoms with Crippen LogP contribution in [0.15, 0.2) is 8.95 Å². The minimum absolute atomic E-state index is 0.228. The normalized spacial score (nSPS) is 10.2. The predicted octanol–water partition coefficient (Wildman–Crippen LogP) is 3.03. The molecule has 1 aromatic carbocycles. The van der Waals surface area contributed by atoms with Crippen LogP contribution in [0.25, 0.3) is 0 Å². The number of carboxylic acid groups (broad SMARTS) is 1. The second-order valence-electron chi connectivity index (χ2n) is 3.14. The van der Waals surface area contributed by atoms with E-state index in [-0.39, 0.29) is 14.5 Å². The minimum atomic E-state index is -1.51. The fourth-order valence-corrected chi connectivity index (χ4v) is 3.28. The molecule has 1 N–H and O–H groups in total. The SMILES string of the molecule is Cc1c([N+](=O)[O-])c(Br)c(C(=O)O)c(Br)c1[N+](=O)[O-]. The topological polar surface area (TPSA) is 124 Å². The smallest absolute Gasteiger partial charge is 0.338 e. The summed E-state index contributed by atoms with van der Waals surface area (Å²) in [6, 6.07) is 0. The zero-order valence-electron chi connectivity index (χ0n) is 8.64. The fourth-order valence-electron chi connectivity index (χ4n) is 1.40. The van der Waals surface area contributed by atoms with E-state index in [4.69, 9.17) is 5.11 Å². The first kappa shape index (κ1) is 14.5. The van der Waals surface area contributed by atoms with Crippen molar-refractivity contribution in [3.63, 3.8) is 0 Å². The van der Waals surface area contributed by atoms with Gasteiger partial charge in [0.05, 0.1) is 9.85 Å². The van der Waals surface area contributed by atoms with Crippen molar-refractivity contribution in [3.05, 3.63) is 40.3 Å². The van der Waals surface area contributed by atoms with Gasteiger partial charge in [-0.1, -0.05) is 0 Å². The van der Waals surface area contributed by atoms with E-state index in [0.717, 1.165) is 0 Å². The lowest BCUT2D eigenvalue weighted by atomic mass is 10.1. The van der Waals surface area contributed by atoms with Gasteiger partial charge in [0.2, 0.25) is 0 Å². The van der Waals surface area contributed by atoms with E-state index < -0.39 is 32.8 Å². The molecule has 1 aromatic rings. The summed E-state index contributed by atoms with van der Waals surface area (Å²) in [6.45, 7) is 1.18. The third kappa shape index (κ3) is 2.20.